The first-order valence-corrected chi connectivity index (χ1v) is 13.0. The number of carbonyl (C=O) groups is 2. The molecule has 2 aromatic rings. The van der Waals surface area contributed by atoms with Crippen LogP contribution >= 0.6 is 23.4 Å². The first-order valence-electron chi connectivity index (χ1n) is 11.7. The van der Waals surface area contributed by atoms with E-state index in [0.29, 0.717) is 23.6 Å². The van der Waals surface area contributed by atoms with E-state index in [1.807, 2.05) is 31.2 Å². The average Bonchev–Trinajstić information content (AvgIpc) is 2.82. The second-order valence-electron chi connectivity index (χ2n) is 8.47. The van der Waals surface area contributed by atoms with Crippen LogP contribution in [0.1, 0.15) is 57.4 Å². The molecule has 3 rings (SSSR count). The molecule has 1 aliphatic carbocycles. The minimum absolute atomic E-state index is 0.0774. The summed E-state index contributed by atoms with van der Waals surface area (Å²) in [5, 5.41) is 3.85. The van der Waals surface area contributed by atoms with Gasteiger partial charge in [-0.25, -0.2) is 4.39 Å². The van der Waals surface area contributed by atoms with Crippen molar-refractivity contribution in [1.29, 1.82) is 0 Å². The van der Waals surface area contributed by atoms with E-state index >= 15 is 0 Å². The van der Waals surface area contributed by atoms with Crippen molar-refractivity contribution in [3.8, 4) is 0 Å². The van der Waals surface area contributed by atoms with Crippen LogP contribution < -0.4 is 5.32 Å². The standard InChI is InChI=1S/C26H32ClFN2O2S/c1-2-24(26(32)29-22-6-4-3-5-7-22)30(18-19-8-12-21(28)13-9-19)25(31)16-17-33-23-14-10-20(27)11-15-23/h8-15,22,24H,2-7,16-18H2,1H3,(H,29,32). The van der Waals surface area contributed by atoms with Crippen LogP contribution in [0.2, 0.25) is 5.02 Å². The molecule has 0 bridgehead atoms. The Morgan fingerprint density at radius 2 is 1.76 bits per heavy atom. The van der Waals surface area contributed by atoms with E-state index < -0.39 is 6.04 Å². The normalized spacial score (nSPS) is 15.1. The number of benzene rings is 2. The van der Waals surface area contributed by atoms with Gasteiger partial charge in [-0.2, -0.15) is 0 Å². The highest BCUT2D eigenvalue weighted by molar-refractivity contribution is 7.99. The second kappa shape index (κ2) is 13.0. The van der Waals surface area contributed by atoms with Gasteiger partial charge in [-0.05, 0) is 61.2 Å². The van der Waals surface area contributed by atoms with Gasteiger partial charge in [0, 0.05) is 34.7 Å². The topological polar surface area (TPSA) is 49.4 Å². The fourth-order valence-electron chi connectivity index (χ4n) is 4.18. The number of hydrogen-bond acceptors (Lipinski definition) is 3. The third-order valence-electron chi connectivity index (χ3n) is 6.00. The highest BCUT2D eigenvalue weighted by atomic mass is 35.5. The van der Waals surface area contributed by atoms with Crippen molar-refractivity contribution in [3.05, 3.63) is 64.9 Å². The van der Waals surface area contributed by atoms with Gasteiger partial charge in [-0.15, -0.1) is 11.8 Å². The molecule has 0 aliphatic heterocycles. The van der Waals surface area contributed by atoms with Crippen molar-refractivity contribution < 1.29 is 14.0 Å². The predicted molar refractivity (Wildman–Crippen MR) is 133 cm³/mol. The molecule has 0 spiro atoms. The highest BCUT2D eigenvalue weighted by Gasteiger charge is 2.30. The molecule has 0 saturated heterocycles. The Hall–Kier alpha value is -2.05. The zero-order chi connectivity index (χ0) is 23.6. The molecule has 1 atom stereocenters. The molecule has 2 aromatic carbocycles. The third kappa shape index (κ3) is 8.04. The molecule has 0 aromatic heterocycles. The first kappa shape index (κ1) is 25.6. The Balaban J connectivity index is 1.68. The zero-order valence-electron chi connectivity index (χ0n) is 19.1. The van der Waals surface area contributed by atoms with Crippen LogP contribution in [-0.2, 0) is 16.1 Å². The monoisotopic (exact) mass is 490 g/mol. The summed E-state index contributed by atoms with van der Waals surface area (Å²) in [4.78, 5) is 29.2. The predicted octanol–water partition coefficient (Wildman–Crippen LogP) is 6.22. The zero-order valence-corrected chi connectivity index (χ0v) is 20.6. The van der Waals surface area contributed by atoms with Crippen molar-refractivity contribution in [2.24, 2.45) is 0 Å². The fraction of sp³-hybridized carbons (Fsp3) is 0.462. The van der Waals surface area contributed by atoms with Crippen molar-refractivity contribution >= 4 is 35.2 Å². The summed E-state index contributed by atoms with van der Waals surface area (Å²) in [6.07, 6.45) is 6.28. The van der Waals surface area contributed by atoms with Gasteiger partial charge in [-0.3, -0.25) is 9.59 Å². The van der Waals surface area contributed by atoms with Crippen LogP contribution in [0.3, 0.4) is 0 Å². The Morgan fingerprint density at radius 1 is 1.09 bits per heavy atom. The highest BCUT2D eigenvalue weighted by Crippen LogP contribution is 2.23. The lowest BCUT2D eigenvalue weighted by Gasteiger charge is -2.33. The number of nitrogens with one attached hydrogen (secondary N) is 1. The van der Waals surface area contributed by atoms with Gasteiger partial charge < -0.3 is 10.2 Å². The maximum Gasteiger partial charge on any atom is 0.243 e. The molecule has 1 fully saturated rings. The van der Waals surface area contributed by atoms with E-state index in [0.717, 1.165) is 36.1 Å². The number of nitrogens with zero attached hydrogens (tertiary/aromatic N) is 1. The number of amides is 2. The summed E-state index contributed by atoms with van der Waals surface area (Å²) in [6, 6.07) is 13.3. The third-order valence-corrected chi connectivity index (χ3v) is 7.27. The quantitative estimate of drug-likeness (QED) is 0.402. The molecule has 1 saturated carbocycles. The van der Waals surface area contributed by atoms with Gasteiger partial charge >= 0.3 is 0 Å². The molecular weight excluding hydrogens is 459 g/mol. The summed E-state index contributed by atoms with van der Waals surface area (Å²) in [5.74, 6) is 0.107. The number of rotatable bonds is 10. The largest absolute Gasteiger partial charge is 0.352 e. The maximum absolute atomic E-state index is 13.4. The van der Waals surface area contributed by atoms with Crippen molar-refractivity contribution in [3.63, 3.8) is 0 Å². The SMILES string of the molecule is CCC(C(=O)NC1CCCCC1)N(Cc1ccc(F)cc1)C(=O)CCSc1ccc(Cl)cc1. The molecule has 1 aliphatic rings. The second-order valence-corrected chi connectivity index (χ2v) is 10.1. The van der Waals surface area contributed by atoms with Crippen LogP contribution in [0.15, 0.2) is 53.4 Å². The van der Waals surface area contributed by atoms with Crippen LogP contribution in [0, 0.1) is 5.82 Å². The van der Waals surface area contributed by atoms with Gasteiger partial charge in [0.05, 0.1) is 0 Å². The van der Waals surface area contributed by atoms with Gasteiger partial charge in [0.25, 0.3) is 0 Å². The number of hydrogen-bond donors (Lipinski definition) is 1. The van der Waals surface area contributed by atoms with Crippen LogP contribution in [0.4, 0.5) is 4.39 Å². The molecule has 33 heavy (non-hydrogen) atoms. The molecular formula is C26H32ClFN2O2S. The fourth-order valence-corrected chi connectivity index (χ4v) is 5.15. The maximum atomic E-state index is 13.4. The Morgan fingerprint density at radius 3 is 2.39 bits per heavy atom. The van der Waals surface area contributed by atoms with E-state index in [4.69, 9.17) is 11.6 Å². The molecule has 0 radical (unpaired) electrons. The van der Waals surface area contributed by atoms with Crippen LogP contribution in [0.25, 0.3) is 0 Å². The summed E-state index contributed by atoms with van der Waals surface area (Å²) in [6.45, 7) is 2.21. The molecule has 4 nitrogen and oxygen atoms in total. The minimum atomic E-state index is -0.551. The van der Waals surface area contributed by atoms with Crippen molar-refractivity contribution in [1.82, 2.24) is 10.2 Å². The van der Waals surface area contributed by atoms with Gasteiger partial charge in [0.1, 0.15) is 11.9 Å². The first-order chi connectivity index (χ1) is 16.0. The van der Waals surface area contributed by atoms with E-state index in [1.165, 1.54) is 18.6 Å². The van der Waals surface area contributed by atoms with E-state index in [9.17, 15) is 14.0 Å². The summed E-state index contributed by atoms with van der Waals surface area (Å²) >= 11 is 7.53. The number of halogens is 2. The van der Waals surface area contributed by atoms with Gasteiger partial charge in [0.2, 0.25) is 11.8 Å². The summed E-state index contributed by atoms with van der Waals surface area (Å²) in [5.41, 5.74) is 0.805. The smallest absolute Gasteiger partial charge is 0.243 e. The summed E-state index contributed by atoms with van der Waals surface area (Å²) in [7, 11) is 0. The molecule has 1 unspecified atom stereocenters. The van der Waals surface area contributed by atoms with E-state index in [-0.39, 0.29) is 30.2 Å². The molecule has 2 amide bonds. The Bertz CT molecular complexity index is 902. The Kier molecular flexibility index (Phi) is 10.1. The average molecular weight is 491 g/mol. The summed E-state index contributed by atoms with van der Waals surface area (Å²) < 4.78 is 13.4. The number of carbonyl (C=O) groups excluding carboxylic acids is 2. The number of thioether (sulfide) groups is 1. The van der Waals surface area contributed by atoms with Crippen LogP contribution in [-0.4, -0.2) is 34.6 Å². The lowest BCUT2D eigenvalue weighted by atomic mass is 9.95. The minimum Gasteiger partial charge on any atom is -0.352 e. The van der Waals surface area contributed by atoms with Gasteiger partial charge in [0.15, 0.2) is 0 Å². The lowest BCUT2D eigenvalue weighted by Crippen LogP contribution is -2.51. The molecule has 0 heterocycles. The van der Waals surface area contributed by atoms with E-state index in [2.05, 4.69) is 5.32 Å². The molecule has 1 N–H and O–H groups in total. The Labute approximate surface area is 205 Å². The van der Waals surface area contributed by atoms with Crippen LogP contribution in [0.5, 0.6) is 0 Å². The van der Waals surface area contributed by atoms with Crippen molar-refractivity contribution in [2.75, 3.05) is 5.75 Å². The van der Waals surface area contributed by atoms with E-state index in [1.54, 1.807) is 28.8 Å². The lowest BCUT2D eigenvalue weighted by molar-refractivity contribution is -0.141. The molecule has 178 valence electrons. The van der Waals surface area contributed by atoms with Crippen molar-refractivity contribution in [2.45, 2.75) is 75.4 Å². The molecule has 7 heteroatoms. The van der Waals surface area contributed by atoms with Gasteiger partial charge in [-0.1, -0.05) is 49.9 Å².